The van der Waals surface area contributed by atoms with Crippen molar-refractivity contribution in [1.29, 1.82) is 0 Å². The second kappa shape index (κ2) is 6.30. The minimum Gasteiger partial charge on any atom is -0.478 e. The third kappa shape index (κ3) is 3.66. The van der Waals surface area contributed by atoms with Crippen molar-refractivity contribution in [2.75, 3.05) is 11.9 Å². The number of aromatic carboxylic acids is 1. The predicted molar refractivity (Wildman–Crippen MR) is 62.7 cm³/mol. The number of hydrogen-bond acceptors (Lipinski definition) is 3. The van der Waals surface area contributed by atoms with Gasteiger partial charge in [0.1, 0.15) is 0 Å². The molecule has 6 heteroatoms. The molecule has 0 aliphatic carbocycles. The first-order valence-corrected chi connectivity index (χ1v) is 5.56. The lowest BCUT2D eigenvalue weighted by Crippen LogP contribution is -2.10. The molecule has 100 valence electrons. The summed E-state index contributed by atoms with van der Waals surface area (Å²) >= 11 is 0. The number of aliphatic hydroxyl groups is 1. The van der Waals surface area contributed by atoms with Gasteiger partial charge in [0.05, 0.1) is 17.4 Å². The van der Waals surface area contributed by atoms with Crippen molar-refractivity contribution >= 4 is 11.7 Å². The van der Waals surface area contributed by atoms with E-state index >= 15 is 0 Å². The summed E-state index contributed by atoms with van der Waals surface area (Å²) in [5.74, 6) is -4.08. The van der Waals surface area contributed by atoms with E-state index in [-0.39, 0.29) is 5.69 Å². The van der Waals surface area contributed by atoms with Crippen LogP contribution in [-0.4, -0.2) is 28.8 Å². The van der Waals surface area contributed by atoms with E-state index in [1.807, 2.05) is 0 Å². The highest BCUT2D eigenvalue weighted by molar-refractivity contribution is 5.88. The Labute approximate surface area is 103 Å². The van der Waals surface area contributed by atoms with Crippen LogP contribution in [0.1, 0.15) is 30.1 Å². The lowest BCUT2D eigenvalue weighted by atomic mass is 10.1. The van der Waals surface area contributed by atoms with Crippen molar-refractivity contribution in [2.45, 2.75) is 25.9 Å². The molecule has 0 aliphatic rings. The zero-order chi connectivity index (χ0) is 13.7. The maximum Gasteiger partial charge on any atom is 0.338 e. The van der Waals surface area contributed by atoms with E-state index in [4.69, 9.17) is 10.2 Å². The molecule has 1 unspecified atom stereocenters. The summed E-state index contributed by atoms with van der Waals surface area (Å²) in [4.78, 5) is 10.6. The molecule has 0 aromatic heterocycles. The van der Waals surface area contributed by atoms with Crippen LogP contribution in [0.5, 0.6) is 0 Å². The third-order valence-electron chi connectivity index (χ3n) is 2.43. The highest BCUT2D eigenvalue weighted by Gasteiger charge is 2.17. The van der Waals surface area contributed by atoms with Crippen LogP contribution < -0.4 is 5.32 Å². The molecule has 0 saturated carbocycles. The average Bonchev–Trinajstić information content (AvgIpc) is 2.29. The molecule has 0 saturated heterocycles. The number of hydrogen-bond donors (Lipinski definition) is 3. The Morgan fingerprint density at radius 3 is 2.61 bits per heavy atom. The predicted octanol–water partition coefficient (Wildman–Crippen LogP) is 2.24. The van der Waals surface area contributed by atoms with Gasteiger partial charge in [0.2, 0.25) is 0 Å². The van der Waals surface area contributed by atoms with Crippen LogP contribution in [0.15, 0.2) is 12.1 Å². The van der Waals surface area contributed by atoms with Crippen molar-refractivity contribution in [2.24, 2.45) is 0 Å². The highest BCUT2D eigenvalue weighted by atomic mass is 19.2. The van der Waals surface area contributed by atoms with Gasteiger partial charge in [-0.2, -0.15) is 0 Å². The van der Waals surface area contributed by atoms with E-state index in [1.165, 1.54) is 6.07 Å². The Hall–Kier alpha value is -1.69. The number of halogens is 2. The van der Waals surface area contributed by atoms with E-state index in [0.29, 0.717) is 19.4 Å². The first kappa shape index (κ1) is 14.4. The average molecular weight is 259 g/mol. The monoisotopic (exact) mass is 259 g/mol. The second-order valence-corrected chi connectivity index (χ2v) is 4.01. The van der Waals surface area contributed by atoms with Crippen LogP contribution in [0, 0.1) is 11.6 Å². The fourth-order valence-corrected chi connectivity index (χ4v) is 1.47. The van der Waals surface area contributed by atoms with Gasteiger partial charge < -0.3 is 15.5 Å². The van der Waals surface area contributed by atoms with E-state index in [2.05, 4.69) is 5.32 Å². The van der Waals surface area contributed by atoms with Gasteiger partial charge in [-0.25, -0.2) is 13.6 Å². The van der Waals surface area contributed by atoms with Gasteiger partial charge in [0, 0.05) is 6.54 Å². The molecule has 18 heavy (non-hydrogen) atoms. The van der Waals surface area contributed by atoms with Gasteiger partial charge in [-0.1, -0.05) is 0 Å². The zero-order valence-electron chi connectivity index (χ0n) is 9.91. The third-order valence-corrected chi connectivity index (χ3v) is 2.43. The SMILES string of the molecule is CC(O)CCCNc1ccc(C(=O)O)c(F)c1F. The molecule has 0 heterocycles. The molecule has 4 nitrogen and oxygen atoms in total. The number of carboxylic acids is 1. The maximum absolute atomic E-state index is 13.5. The minimum atomic E-state index is -1.51. The lowest BCUT2D eigenvalue weighted by molar-refractivity contribution is 0.0690. The van der Waals surface area contributed by atoms with E-state index in [1.54, 1.807) is 6.92 Å². The number of nitrogens with one attached hydrogen (secondary N) is 1. The molecular weight excluding hydrogens is 244 g/mol. The normalized spacial score (nSPS) is 12.2. The molecule has 0 aliphatic heterocycles. The Morgan fingerprint density at radius 1 is 1.39 bits per heavy atom. The summed E-state index contributed by atoms with van der Waals surface area (Å²) in [7, 11) is 0. The second-order valence-electron chi connectivity index (χ2n) is 4.01. The summed E-state index contributed by atoms with van der Waals surface area (Å²) in [6.07, 6.45) is 0.701. The Morgan fingerprint density at radius 2 is 2.06 bits per heavy atom. The summed E-state index contributed by atoms with van der Waals surface area (Å²) < 4.78 is 26.8. The maximum atomic E-state index is 13.5. The van der Waals surface area contributed by atoms with Crippen LogP contribution in [-0.2, 0) is 0 Å². The van der Waals surface area contributed by atoms with Crippen molar-refractivity contribution in [1.82, 2.24) is 0 Å². The van der Waals surface area contributed by atoms with Gasteiger partial charge in [0.15, 0.2) is 11.6 Å². The molecule has 1 aromatic carbocycles. The Balaban J connectivity index is 2.68. The molecule has 1 aromatic rings. The molecule has 0 radical (unpaired) electrons. The van der Waals surface area contributed by atoms with E-state index < -0.39 is 29.3 Å². The number of carboxylic acid groups (broad SMARTS) is 1. The molecule has 0 fully saturated rings. The van der Waals surface area contributed by atoms with Crippen LogP contribution >= 0.6 is 0 Å². The van der Waals surface area contributed by atoms with Crippen LogP contribution in [0.4, 0.5) is 14.5 Å². The van der Waals surface area contributed by atoms with Gasteiger partial charge in [0.25, 0.3) is 0 Å². The number of rotatable bonds is 6. The van der Waals surface area contributed by atoms with Crippen LogP contribution in [0.2, 0.25) is 0 Å². The molecule has 1 atom stereocenters. The fraction of sp³-hybridized carbons (Fsp3) is 0.417. The largest absolute Gasteiger partial charge is 0.478 e. The van der Waals surface area contributed by atoms with Crippen LogP contribution in [0.25, 0.3) is 0 Å². The van der Waals surface area contributed by atoms with Gasteiger partial charge in [-0.05, 0) is 31.9 Å². The summed E-state index contributed by atoms with van der Waals surface area (Å²) in [6.45, 7) is 2.01. The lowest BCUT2D eigenvalue weighted by Gasteiger charge is -2.09. The van der Waals surface area contributed by atoms with Gasteiger partial charge in [-0.3, -0.25) is 0 Å². The first-order chi connectivity index (χ1) is 8.43. The molecule has 0 spiro atoms. The summed E-state index contributed by atoms with van der Waals surface area (Å²) in [5.41, 5.74) is -0.773. The highest BCUT2D eigenvalue weighted by Crippen LogP contribution is 2.20. The Kier molecular flexibility index (Phi) is 5.03. The van der Waals surface area contributed by atoms with Gasteiger partial charge in [-0.15, -0.1) is 0 Å². The molecule has 0 bridgehead atoms. The molecule has 3 N–H and O–H groups in total. The fourth-order valence-electron chi connectivity index (χ4n) is 1.47. The van der Waals surface area contributed by atoms with Crippen molar-refractivity contribution < 1.29 is 23.8 Å². The molecule has 1 rings (SSSR count). The van der Waals surface area contributed by atoms with Crippen LogP contribution in [0.3, 0.4) is 0 Å². The number of aliphatic hydroxyl groups excluding tert-OH is 1. The van der Waals surface area contributed by atoms with Crippen molar-refractivity contribution in [3.8, 4) is 0 Å². The number of carbonyl (C=O) groups is 1. The topological polar surface area (TPSA) is 69.6 Å². The zero-order valence-corrected chi connectivity index (χ0v) is 9.91. The smallest absolute Gasteiger partial charge is 0.338 e. The van der Waals surface area contributed by atoms with Crippen molar-refractivity contribution in [3.05, 3.63) is 29.3 Å². The Bertz CT molecular complexity index is 436. The molecular formula is C12H15F2NO3. The van der Waals surface area contributed by atoms with Gasteiger partial charge >= 0.3 is 5.97 Å². The van der Waals surface area contributed by atoms with E-state index in [9.17, 15) is 13.6 Å². The first-order valence-electron chi connectivity index (χ1n) is 5.56. The number of benzene rings is 1. The number of anilines is 1. The summed E-state index contributed by atoms with van der Waals surface area (Å²) in [6, 6.07) is 2.20. The summed E-state index contributed by atoms with van der Waals surface area (Å²) in [5, 5.41) is 20.3. The molecule has 0 amide bonds. The minimum absolute atomic E-state index is 0.0805. The van der Waals surface area contributed by atoms with Crippen molar-refractivity contribution in [3.63, 3.8) is 0 Å². The van der Waals surface area contributed by atoms with E-state index in [0.717, 1.165) is 6.07 Å². The quantitative estimate of drug-likeness (QED) is 0.685. The standard InChI is InChI=1S/C12H15F2NO3/c1-7(16)3-2-6-15-9-5-4-8(12(17)18)10(13)11(9)14/h4-5,7,15-16H,2-3,6H2,1H3,(H,17,18).